The van der Waals surface area contributed by atoms with E-state index in [9.17, 15) is 13.2 Å². The Balaban J connectivity index is 2.01. The van der Waals surface area contributed by atoms with Crippen LogP contribution in [0.25, 0.3) is 21.6 Å². The molecule has 0 nitrogen and oxygen atoms in total. The lowest BCUT2D eigenvalue weighted by Crippen LogP contribution is -2.24. The summed E-state index contributed by atoms with van der Waals surface area (Å²) in [6.07, 6.45) is -0.372. The highest BCUT2D eigenvalue weighted by molar-refractivity contribution is 7.14. The lowest BCUT2D eigenvalue weighted by atomic mass is 9.69. The molecule has 144 valence electrons. The first-order valence-electron chi connectivity index (χ1n) is 9.21. The van der Waals surface area contributed by atoms with Crippen LogP contribution in [0.4, 0.5) is 17.6 Å². The van der Waals surface area contributed by atoms with Crippen LogP contribution < -0.4 is 0 Å². The summed E-state index contributed by atoms with van der Waals surface area (Å²) in [4.78, 5) is 0.404. The standard InChI is InChI=1S/C23H18F4S/c1-22(2,3)19-12-6-4-5-11-9-23(26,27)14-10-28-21(18(14)16(11)12)17-13(19)7-8-15(24)20(17)25/h4-8,10,19H,9H2,1-3H3. The fraction of sp³-hybridized carbons (Fsp3) is 0.304. The van der Waals surface area contributed by atoms with Crippen molar-refractivity contribution in [2.45, 2.75) is 39.0 Å². The van der Waals surface area contributed by atoms with Crippen LogP contribution in [0.5, 0.6) is 0 Å². The highest BCUT2D eigenvalue weighted by atomic mass is 32.1. The van der Waals surface area contributed by atoms with Gasteiger partial charge < -0.3 is 0 Å². The van der Waals surface area contributed by atoms with E-state index in [2.05, 4.69) is 0 Å². The largest absolute Gasteiger partial charge is 0.278 e. The number of halogens is 4. The van der Waals surface area contributed by atoms with E-state index in [-0.39, 0.29) is 28.9 Å². The van der Waals surface area contributed by atoms with Gasteiger partial charge in [-0.2, -0.15) is 0 Å². The lowest BCUT2D eigenvalue weighted by Gasteiger charge is -2.35. The lowest BCUT2D eigenvalue weighted by molar-refractivity contribution is -0.00436. The van der Waals surface area contributed by atoms with Gasteiger partial charge in [-0.3, -0.25) is 0 Å². The zero-order chi connectivity index (χ0) is 20.0. The third kappa shape index (κ3) is 2.22. The summed E-state index contributed by atoms with van der Waals surface area (Å²) in [5, 5.41) is 1.41. The first-order valence-corrected chi connectivity index (χ1v) is 10.1. The van der Waals surface area contributed by atoms with Crippen LogP contribution in [-0.4, -0.2) is 0 Å². The van der Waals surface area contributed by atoms with Gasteiger partial charge in [0.25, 0.3) is 5.92 Å². The number of thiophene rings is 1. The van der Waals surface area contributed by atoms with E-state index < -0.39 is 17.6 Å². The fourth-order valence-electron chi connectivity index (χ4n) is 4.84. The Bertz CT molecular complexity index is 1130. The van der Waals surface area contributed by atoms with Gasteiger partial charge in [0.2, 0.25) is 0 Å². The molecule has 1 atom stereocenters. The molecule has 3 aromatic rings. The number of rotatable bonds is 0. The van der Waals surface area contributed by atoms with Crippen molar-refractivity contribution in [2.75, 3.05) is 0 Å². The zero-order valence-electron chi connectivity index (χ0n) is 15.7. The molecule has 2 aromatic carbocycles. The molecule has 0 radical (unpaired) electrons. The second-order valence-electron chi connectivity index (χ2n) is 8.74. The molecule has 1 unspecified atom stereocenters. The number of alkyl halides is 2. The van der Waals surface area contributed by atoms with Gasteiger partial charge in [0.05, 0.1) is 0 Å². The normalized spacial score (nSPS) is 19.0. The maximum absolute atomic E-state index is 15.1. The predicted octanol–water partition coefficient (Wildman–Crippen LogP) is 7.50. The van der Waals surface area contributed by atoms with Crippen molar-refractivity contribution in [2.24, 2.45) is 5.41 Å². The Kier molecular flexibility index (Phi) is 3.50. The van der Waals surface area contributed by atoms with Gasteiger partial charge in [-0.15, -0.1) is 11.3 Å². The minimum absolute atomic E-state index is 0.0726. The van der Waals surface area contributed by atoms with Gasteiger partial charge in [0.1, 0.15) is 0 Å². The third-order valence-corrected chi connectivity index (χ3v) is 6.87. The summed E-state index contributed by atoms with van der Waals surface area (Å²) in [7, 11) is 0. The molecular weight excluding hydrogens is 384 g/mol. The molecule has 0 saturated carbocycles. The van der Waals surface area contributed by atoms with Crippen molar-refractivity contribution in [3.63, 3.8) is 0 Å². The average Bonchev–Trinajstić information content (AvgIpc) is 2.97. The second-order valence-corrected chi connectivity index (χ2v) is 9.62. The summed E-state index contributed by atoms with van der Waals surface area (Å²) in [5.74, 6) is -5.19. The first kappa shape index (κ1) is 17.9. The van der Waals surface area contributed by atoms with E-state index in [4.69, 9.17) is 0 Å². The molecule has 0 spiro atoms. The molecule has 2 aliphatic rings. The highest BCUT2D eigenvalue weighted by Crippen LogP contribution is 2.60. The van der Waals surface area contributed by atoms with Crippen molar-refractivity contribution in [3.05, 3.63) is 69.6 Å². The molecule has 1 aromatic heterocycles. The molecule has 0 saturated heterocycles. The van der Waals surface area contributed by atoms with Gasteiger partial charge in [0, 0.05) is 39.3 Å². The Morgan fingerprint density at radius 3 is 2.39 bits per heavy atom. The Labute approximate surface area is 164 Å². The predicted molar refractivity (Wildman–Crippen MR) is 104 cm³/mol. The minimum atomic E-state index is -3.03. The molecule has 0 fully saturated rings. The van der Waals surface area contributed by atoms with Crippen molar-refractivity contribution in [3.8, 4) is 21.6 Å². The molecule has 5 heteroatoms. The van der Waals surface area contributed by atoms with E-state index in [1.54, 1.807) is 18.2 Å². The SMILES string of the molecule is CC(C)(C)C1c2cccc3c2-c2c(csc2-c2c1ccc(F)c2F)C(F)(F)C3. The second kappa shape index (κ2) is 5.47. The summed E-state index contributed by atoms with van der Waals surface area (Å²) >= 11 is 1.08. The van der Waals surface area contributed by atoms with Crippen LogP contribution in [0.1, 0.15) is 48.9 Å². The molecule has 0 N–H and O–H groups in total. The van der Waals surface area contributed by atoms with Crippen molar-refractivity contribution in [1.29, 1.82) is 0 Å². The molecule has 5 rings (SSSR count). The average molecular weight is 402 g/mol. The quantitative estimate of drug-likeness (QED) is 0.342. The maximum atomic E-state index is 15.1. The Morgan fingerprint density at radius 2 is 1.68 bits per heavy atom. The molecule has 2 aliphatic carbocycles. The van der Waals surface area contributed by atoms with E-state index in [0.29, 0.717) is 21.6 Å². The minimum Gasteiger partial charge on any atom is -0.204 e. The van der Waals surface area contributed by atoms with E-state index in [0.717, 1.165) is 28.5 Å². The molecule has 1 heterocycles. The Hall–Kier alpha value is -2.14. The Morgan fingerprint density at radius 1 is 0.964 bits per heavy atom. The van der Waals surface area contributed by atoms with Gasteiger partial charge >= 0.3 is 0 Å². The van der Waals surface area contributed by atoms with Crippen LogP contribution in [0.3, 0.4) is 0 Å². The first-order chi connectivity index (χ1) is 13.1. The molecule has 28 heavy (non-hydrogen) atoms. The number of hydrogen-bond acceptors (Lipinski definition) is 1. The van der Waals surface area contributed by atoms with Crippen LogP contribution in [0.15, 0.2) is 35.7 Å². The summed E-state index contributed by atoms with van der Waals surface area (Å²) in [6.45, 7) is 6.12. The van der Waals surface area contributed by atoms with Crippen molar-refractivity contribution in [1.82, 2.24) is 0 Å². The zero-order valence-corrected chi connectivity index (χ0v) is 16.5. The smallest absolute Gasteiger partial charge is 0.204 e. The molecule has 0 amide bonds. The number of fused-ring (bicyclic) bond motifs is 2. The van der Waals surface area contributed by atoms with Gasteiger partial charge in [-0.05, 0) is 33.7 Å². The molecular formula is C23H18F4S. The van der Waals surface area contributed by atoms with Gasteiger partial charge in [-0.25, -0.2) is 17.6 Å². The number of benzene rings is 2. The van der Waals surface area contributed by atoms with Gasteiger partial charge in [0.15, 0.2) is 11.6 Å². The third-order valence-electron chi connectivity index (χ3n) is 5.87. The van der Waals surface area contributed by atoms with Crippen LogP contribution in [-0.2, 0) is 12.3 Å². The van der Waals surface area contributed by atoms with E-state index in [1.165, 1.54) is 5.38 Å². The van der Waals surface area contributed by atoms with E-state index in [1.807, 2.05) is 26.8 Å². The topological polar surface area (TPSA) is 0 Å². The fourth-order valence-corrected chi connectivity index (χ4v) is 6.03. The monoisotopic (exact) mass is 402 g/mol. The maximum Gasteiger partial charge on any atom is 0.278 e. The molecule has 0 aliphatic heterocycles. The summed E-state index contributed by atoms with van der Waals surface area (Å²) in [5.41, 5.74) is 3.02. The summed E-state index contributed by atoms with van der Waals surface area (Å²) in [6, 6.07) is 8.23. The van der Waals surface area contributed by atoms with Gasteiger partial charge in [-0.1, -0.05) is 45.0 Å². The van der Waals surface area contributed by atoms with Crippen molar-refractivity contribution >= 4 is 11.3 Å². The highest BCUT2D eigenvalue weighted by Gasteiger charge is 2.46. The van der Waals surface area contributed by atoms with E-state index >= 15 is 4.39 Å². The molecule has 0 bridgehead atoms. The summed E-state index contributed by atoms with van der Waals surface area (Å²) < 4.78 is 59.1. The van der Waals surface area contributed by atoms with Crippen molar-refractivity contribution < 1.29 is 17.6 Å². The van der Waals surface area contributed by atoms with Crippen LogP contribution >= 0.6 is 11.3 Å². The number of hydrogen-bond donors (Lipinski definition) is 0. The van der Waals surface area contributed by atoms with Crippen LogP contribution in [0, 0.1) is 17.0 Å². The van der Waals surface area contributed by atoms with Crippen LogP contribution in [0.2, 0.25) is 0 Å².